The van der Waals surface area contributed by atoms with Crippen LogP contribution in [0.3, 0.4) is 0 Å². The monoisotopic (exact) mass is 276 g/mol. The van der Waals surface area contributed by atoms with Crippen molar-refractivity contribution in [1.29, 1.82) is 0 Å². The summed E-state index contributed by atoms with van der Waals surface area (Å²) in [5.74, 6) is -0.748. The van der Waals surface area contributed by atoms with Crippen molar-refractivity contribution in [3.63, 3.8) is 0 Å². The minimum absolute atomic E-state index is 0.0839. The van der Waals surface area contributed by atoms with Crippen LogP contribution >= 0.6 is 11.8 Å². The van der Waals surface area contributed by atoms with E-state index >= 15 is 0 Å². The quantitative estimate of drug-likeness (QED) is 0.647. The number of thioether (sulfide) groups is 1. The van der Waals surface area contributed by atoms with Gasteiger partial charge in [-0.2, -0.15) is 0 Å². The summed E-state index contributed by atoms with van der Waals surface area (Å²) in [4.78, 5) is 22.7. The Labute approximate surface area is 113 Å². The maximum atomic E-state index is 11.8. The van der Waals surface area contributed by atoms with E-state index in [1.807, 2.05) is 13.8 Å². The fourth-order valence-corrected chi connectivity index (χ4v) is 2.68. The van der Waals surface area contributed by atoms with Crippen molar-refractivity contribution >= 4 is 23.6 Å². The fourth-order valence-electron chi connectivity index (χ4n) is 1.33. The lowest BCUT2D eigenvalue weighted by molar-refractivity contribution is -0.139. The number of nitrogens with one attached hydrogen (secondary N) is 1. The van der Waals surface area contributed by atoms with Crippen molar-refractivity contribution in [1.82, 2.24) is 5.32 Å². The van der Waals surface area contributed by atoms with Crippen molar-refractivity contribution < 1.29 is 14.7 Å². The molecule has 2 atom stereocenters. The van der Waals surface area contributed by atoms with E-state index in [1.165, 1.54) is 11.8 Å². The van der Waals surface area contributed by atoms with Crippen molar-refractivity contribution in [3.05, 3.63) is 0 Å². The molecule has 0 aromatic heterocycles. The van der Waals surface area contributed by atoms with Crippen LogP contribution < -0.4 is 11.1 Å². The molecular formula is C12H24N2O3S. The summed E-state index contributed by atoms with van der Waals surface area (Å²) in [7, 11) is 0. The van der Waals surface area contributed by atoms with E-state index in [2.05, 4.69) is 5.32 Å². The van der Waals surface area contributed by atoms with Gasteiger partial charge < -0.3 is 16.2 Å². The van der Waals surface area contributed by atoms with Gasteiger partial charge in [0.15, 0.2) is 0 Å². The van der Waals surface area contributed by atoms with Crippen LogP contribution in [-0.2, 0) is 9.59 Å². The first-order chi connectivity index (χ1) is 8.08. The van der Waals surface area contributed by atoms with E-state index in [9.17, 15) is 9.59 Å². The molecule has 0 aliphatic heterocycles. The first kappa shape index (κ1) is 17.2. The molecule has 0 saturated heterocycles. The summed E-state index contributed by atoms with van der Waals surface area (Å²) in [6.07, 6.45) is 0. The molecule has 0 aliphatic rings. The van der Waals surface area contributed by atoms with Crippen LogP contribution in [0.2, 0.25) is 0 Å². The number of carbonyl (C=O) groups excluding carboxylic acids is 1. The van der Waals surface area contributed by atoms with Gasteiger partial charge in [-0.15, -0.1) is 11.8 Å². The van der Waals surface area contributed by atoms with E-state index in [-0.39, 0.29) is 11.2 Å². The Hall–Kier alpha value is -0.750. The average molecular weight is 276 g/mol. The van der Waals surface area contributed by atoms with Gasteiger partial charge in [-0.05, 0) is 26.7 Å². The van der Waals surface area contributed by atoms with Crippen molar-refractivity contribution in [2.75, 3.05) is 6.54 Å². The number of carboxylic acid groups (broad SMARTS) is 1. The third kappa shape index (κ3) is 5.73. The van der Waals surface area contributed by atoms with Gasteiger partial charge in [0.1, 0.15) is 6.04 Å². The zero-order valence-corrected chi connectivity index (χ0v) is 12.5. The Bertz CT molecular complexity index is 306. The normalized spacial score (nSPS) is 15.3. The second-order valence-electron chi connectivity index (χ2n) is 5.32. The summed E-state index contributed by atoms with van der Waals surface area (Å²) in [6.45, 7) is 9.89. The predicted octanol–water partition coefficient (Wildman–Crippen LogP) is 1.07. The molecule has 0 aromatic rings. The number of nitrogens with two attached hydrogens (primary N) is 1. The van der Waals surface area contributed by atoms with Crippen LogP contribution in [0.4, 0.5) is 0 Å². The average Bonchev–Trinajstić information content (AvgIpc) is 2.23. The third-order valence-electron chi connectivity index (χ3n) is 2.55. The van der Waals surface area contributed by atoms with E-state index in [1.54, 1.807) is 20.8 Å². The number of carbonyl (C=O) groups is 2. The maximum absolute atomic E-state index is 11.8. The topological polar surface area (TPSA) is 92.4 Å². The Kier molecular flexibility index (Phi) is 6.70. The van der Waals surface area contributed by atoms with Gasteiger partial charge in [-0.3, -0.25) is 9.59 Å². The van der Waals surface area contributed by atoms with Gasteiger partial charge in [-0.25, -0.2) is 0 Å². The first-order valence-electron chi connectivity index (χ1n) is 6.01. The molecule has 0 bridgehead atoms. The summed E-state index contributed by atoms with van der Waals surface area (Å²) in [5.41, 5.74) is 5.61. The number of amides is 1. The molecule has 1 unspecified atom stereocenters. The molecule has 1 amide bonds. The van der Waals surface area contributed by atoms with E-state index in [0.717, 1.165) is 0 Å². The highest BCUT2D eigenvalue weighted by Crippen LogP contribution is 2.31. The number of aliphatic carboxylic acids is 1. The number of hydrogen-bond acceptors (Lipinski definition) is 4. The van der Waals surface area contributed by atoms with E-state index < -0.39 is 16.8 Å². The molecule has 0 rings (SSSR count). The lowest BCUT2D eigenvalue weighted by Gasteiger charge is -2.30. The molecule has 18 heavy (non-hydrogen) atoms. The third-order valence-corrected chi connectivity index (χ3v) is 3.98. The van der Waals surface area contributed by atoms with E-state index in [4.69, 9.17) is 10.8 Å². The maximum Gasteiger partial charge on any atom is 0.321 e. The van der Waals surface area contributed by atoms with Crippen LogP contribution in [0.1, 0.15) is 34.6 Å². The smallest absolute Gasteiger partial charge is 0.321 e. The highest BCUT2D eigenvalue weighted by Gasteiger charge is 2.35. The van der Waals surface area contributed by atoms with Gasteiger partial charge >= 0.3 is 5.97 Å². The van der Waals surface area contributed by atoms with Gasteiger partial charge in [0.05, 0.1) is 5.25 Å². The highest BCUT2D eigenvalue weighted by molar-refractivity contribution is 8.02. The zero-order valence-electron chi connectivity index (χ0n) is 11.7. The number of carboxylic acids is 1. The van der Waals surface area contributed by atoms with Crippen LogP contribution in [0, 0.1) is 5.92 Å². The molecule has 0 saturated carbocycles. The molecule has 5 nitrogen and oxygen atoms in total. The first-order valence-corrected chi connectivity index (χ1v) is 6.89. The van der Waals surface area contributed by atoms with Crippen molar-refractivity contribution in [3.8, 4) is 0 Å². The molecule has 106 valence electrons. The molecule has 4 N–H and O–H groups in total. The Morgan fingerprint density at radius 1 is 1.33 bits per heavy atom. The molecular weight excluding hydrogens is 252 g/mol. The predicted molar refractivity (Wildman–Crippen MR) is 74.6 cm³/mol. The second-order valence-corrected chi connectivity index (χ2v) is 7.31. The number of rotatable bonds is 7. The fraction of sp³-hybridized carbons (Fsp3) is 0.833. The highest BCUT2D eigenvalue weighted by atomic mass is 32.2. The van der Waals surface area contributed by atoms with Gasteiger partial charge in [-0.1, -0.05) is 13.8 Å². The molecule has 6 heteroatoms. The van der Waals surface area contributed by atoms with Crippen LogP contribution in [0.25, 0.3) is 0 Å². The zero-order chi connectivity index (χ0) is 14.5. The molecule has 0 heterocycles. The van der Waals surface area contributed by atoms with Crippen molar-refractivity contribution in [2.24, 2.45) is 11.7 Å². The van der Waals surface area contributed by atoms with Gasteiger partial charge in [0.2, 0.25) is 5.91 Å². The Balaban J connectivity index is 4.41. The molecule has 0 spiro atoms. The van der Waals surface area contributed by atoms with Gasteiger partial charge in [0.25, 0.3) is 0 Å². The van der Waals surface area contributed by atoms with Crippen molar-refractivity contribution in [2.45, 2.75) is 50.7 Å². The molecule has 0 aromatic carbocycles. The van der Waals surface area contributed by atoms with Crippen LogP contribution in [-0.4, -0.2) is 39.6 Å². The van der Waals surface area contributed by atoms with E-state index in [0.29, 0.717) is 12.5 Å². The molecule has 0 radical (unpaired) electrons. The lowest BCUT2D eigenvalue weighted by atomic mass is 10.1. The lowest BCUT2D eigenvalue weighted by Crippen LogP contribution is -2.48. The summed E-state index contributed by atoms with van der Waals surface area (Å²) in [6, 6.07) is -0.997. The minimum atomic E-state index is -1.05. The minimum Gasteiger partial charge on any atom is -0.480 e. The standard InChI is InChI=1S/C12H24N2O3S/c1-7(2)6-14-10(15)8(3)18-12(4,5)9(13)11(16)17/h7-9H,6,13H2,1-5H3,(H,14,15)(H,16,17)/t8?,9-/m1/s1. The molecule has 0 aliphatic carbocycles. The molecule has 0 fully saturated rings. The Morgan fingerprint density at radius 2 is 1.83 bits per heavy atom. The second kappa shape index (κ2) is 6.99. The SMILES string of the molecule is CC(C)CNC(=O)C(C)SC(C)(C)[C@H](N)C(=O)O. The summed E-state index contributed by atoms with van der Waals surface area (Å²) < 4.78 is -0.694. The van der Waals surface area contributed by atoms with Crippen LogP contribution in [0.5, 0.6) is 0 Å². The van der Waals surface area contributed by atoms with Crippen LogP contribution in [0.15, 0.2) is 0 Å². The Morgan fingerprint density at radius 3 is 2.22 bits per heavy atom. The summed E-state index contributed by atoms with van der Waals surface area (Å²) in [5, 5.41) is 11.4. The largest absolute Gasteiger partial charge is 0.480 e. The van der Waals surface area contributed by atoms with Gasteiger partial charge in [0, 0.05) is 11.3 Å². The number of hydrogen-bond donors (Lipinski definition) is 3. The summed E-state index contributed by atoms with van der Waals surface area (Å²) >= 11 is 1.28.